The Kier molecular flexibility index (Phi) is 7.33. The molecule has 0 amide bonds. The number of carbonyl (C=O) groups excluding carboxylic acids is 1. The molecule has 18 heavy (non-hydrogen) atoms. The molecular formula is C15H29NO2. The zero-order valence-electron chi connectivity index (χ0n) is 12.2. The van der Waals surface area contributed by atoms with Crippen molar-refractivity contribution in [3.05, 3.63) is 0 Å². The van der Waals surface area contributed by atoms with Crippen molar-refractivity contribution in [1.29, 1.82) is 0 Å². The lowest BCUT2D eigenvalue weighted by Crippen LogP contribution is -2.38. The highest BCUT2D eigenvalue weighted by atomic mass is 16.5. The fourth-order valence-electron chi connectivity index (χ4n) is 2.77. The normalized spacial score (nSPS) is 25.7. The van der Waals surface area contributed by atoms with Crippen LogP contribution in [0.4, 0.5) is 0 Å². The smallest absolute Gasteiger partial charge is 0.309 e. The third-order valence-corrected chi connectivity index (χ3v) is 3.95. The zero-order valence-corrected chi connectivity index (χ0v) is 12.2. The van der Waals surface area contributed by atoms with E-state index in [0.29, 0.717) is 12.6 Å². The second kappa shape index (κ2) is 8.52. The molecule has 0 saturated heterocycles. The second-order valence-corrected chi connectivity index (χ2v) is 5.57. The monoisotopic (exact) mass is 255 g/mol. The van der Waals surface area contributed by atoms with Crippen LogP contribution in [0.3, 0.4) is 0 Å². The maximum absolute atomic E-state index is 11.5. The van der Waals surface area contributed by atoms with Crippen LogP contribution in [0, 0.1) is 11.8 Å². The fraction of sp³-hybridized carbons (Fsp3) is 0.933. The Morgan fingerprint density at radius 2 is 1.94 bits per heavy atom. The van der Waals surface area contributed by atoms with E-state index < -0.39 is 0 Å². The summed E-state index contributed by atoms with van der Waals surface area (Å²) in [5.74, 6) is 0.832. The summed E-state index contributed by atoms with van der Waals surface area (Å²) in [6, 6.07) is 0.606. The number of ether oxygens (including phenoxy) is 1. The topological polar surface area (TPSA) is 38.3 Å². The molecule has 0 heterocycles. The molecule has 1 aliphatic carbocycles. The van der Waals surface area contributed by atoms with E-state index in [1.165, 1.54) is 38.5 Å². The standard InChI is InChI=1S/C15H29NO2/c1-4-6-13-7-9-14(10-8-13)16-11-12(3)15(17)18-5-2/h12-14,16H,4-11H2,1-3H3. The van der Waals surface area contributed by atoms with Gasteiger partial charge in [-0.1, -0.05) is 26.7 Å². The van der Waals surface area contributed by atoms with E-state index in [0.717, 1.165) is 12.5 Å². The summed E-state index contributed by atoms with van der Waals surface area (Å²) in [5, 5.41) is 3.52. The predicted molar refractivity (Wildman–Crippen MR) is 74.5 cm³/mol. The number of esters is 1. The molecule has 1 fully saturated rings. The van der Waals surface area contributed by atoms with Gasteiger partial charge in [-0.3, -0.25) is 4.79 Å². The molecule has 0 radical (unpaired) electrons. The summed E-state index contributed by atoms with van der Waals surface area (Å²) in [4.78, 5) is 11.5. The quantitative estimate of drug-likeness (QED) is 0.710. The minimum absolute atomic E-state index is 0.0293. The van der Waals surface area contributed by atoms with E-state index >= 15 is 0 Å². The highest BCUT2D eigenvalue weighted by molar-refractivity contribution is 5.72. The van der Waals surface area contributed by atoms with Crippen LogP contribution in [0.5, 0.6) is 0 Å². The molecule has 1 saturated carbocycles. The minimum Gasteiger partial charge on any atom is -0.466 e. The van der Waals surface area contributed by atoms with E-state index in [1.54, 1.807) is 0 Å². The Bertz CT molecular complexity index is 235. The van der Waals surface area contributed by atoms with E-state index in [-0.39, 0.29) is 11.9 Å². The van der Waals surface area contributed by atoms with E-state index in [2.05, 4.69) is 12.2 Å². The van der Waals surface area contributed by atoms with Gasteiger partial charge in [-0.25, -0.2) is 0 Å². The molecule has 1 unspecified atom stereocenters. The van der Waals surface area contributed by atoms with Crippen molar-refractivity contribution in [2.24, 2.45) is 11.8 Å². The van der Waals surface area contributed by atoms with Gasteiger partial charge in [-0.2, -0.15) is 0 Å². The third kappa shape index (κ3) is 5.38. The first-order valence-corrected chi connectivity index (χ1v) is 7.57. The average Bonchev–Trinajstić information content (AvgIpc) is 2.38. The SMILES string of the molecule is CCCC1CCC(NCC(C)C(=O)OCC)CC1. The largest absolute Gasteiger partial charge is 0.466 e. The second-order valence-electron chi connectivity index (χ2n) is 5.57. The Hall–Kier alpha value is -0.570. The van der Waals surface area contributed by atoms with Crippen molar-refractivity contribution < 1.29 is 9.53 Å². The number of rotatable bonds is 7. The zero-order chi connectivity index (χ0) is 13.4. The molecular weight excluding hydrogens is 226 g/mol. The van der Waals surface area contributed by atoms with Gasteiger partial charge in [-0.05, 0) is 38.5 Å². The van der Waals surface area contributed by atoms with Crippen molar-refractivity contribution >= 4 is 5.97 Å². The Morgan fingerprint density at radius 3 is 2.50 bits per heavy atom. The first-order valence-electron chi connectivity index (χ1n) is 7.57. The van der Waals surface area contributed by atoms with Crippen molar-refractivity contribution in [2.45, 2.75) is 65.3 Å². The Morgan fingerprint density at radius 1 is 1.28 bits per heavy atom. The van der Waals surface area contributed by atoms with Crippen LogP contribution in [-0.4, -0.2) is 25.2 Å². The number of nitrogens with one attached hydrogen (secondary N) is 1. The van der Waals surface area contributed by atoms with Gasteiger partial charge in [0.1, 0.15) is 0 Å². The van der Waals surface area contributed by atoms with E-state index in [1.807, 2.05) is 13.8 Å². The van der Waals surface area contributed by atoms with Crippen LogP contribution in [0.1, 0.15) is 59.3 Å². The molecule has 0 aromatic rings. The summed E-state index contributed by atoms with van der Waals surface area (Å²) in [5.41, 5.74) is 0. The van der Waals surface area contributed by atoms with Crippen molar-refractivity contribution in [3.63, 3.8) is 0 Å². The number of hydrogen-bond donors (Lipinski definition) is 1. The van der Waals surface area contributed by atoms with Gasteiger partial charge in [0.25, 0.3) is 0 Å². The fourth-order valence-corrected chi connectivity index (χ4v) is 2.77. The van der Waals surface area contributed by atoms with E-state index in [4.69, 9.17) is 4.74 Å². The van der Waals surface area contributed by atoms with Crippen LogP contribution in [0.25, 0.3) is 0 Å². The summed E-state index contributed by atoms with van der Waals surface area (Å²) < 4.78 is 5.01. The maximum Gasteiger partial charge on any atom is 0.309 e. The third-order valence-electron chi connectivity index (χ3n) is 3.95. The van der Waals surface area contributed by atoms with Gasteiger partial charge in [0, 0.05) is 12.6 Å². The molecule has 1 rings (SSSR count). The molecule has 3 heteroatoms. The molecule has 3 nitrogen and oxygen atoms in total. The molecule has 0 bridgehead atoms. The molecule has 0 spiro atoms. The lowest BCUT2D eigenvalue weighted by Gasteiger charge is -2.29. The van der Waals surface area contributed by atoms with Crippen molar-refractivity contribution in [2.75, 3.05) is 13.2 Å². The molecule has 0 aromatic heterocycles. The molecule has 1 aliphatic rings. The summed E-state index contributed by atoms with van der Waals surface area (Å²) in [6.07, 6.45) is 7.91. The molecule has 1 N–H and O–H groups in total. The lowest BCUT2D eigenvalue weighted by molar-refractivity contribution is -0.147. The minimum atomic E-state index is -0.0790. The molecule has 0 aliphatic heterocycles. The van der Waals surface area contributed by atoms with Crippen molar-refractivity contribution in [1.82, 2.24) is 5.32 Å². The Labute approximate surface area is 112 Å². The van der Waals surface area contributed by atoms with Gasteiger partial charge in [0.05, 0.1) is 12.5 Å². The van der Waals surface area contributed by atoms with Crippen LogP contribution < -0.4 is 5.32 Å². The highest BCUT2D eigenvalue weighted by Crippen LogP contribution is 2.27. The first kappa shape index (κ1) is 15.5. The molecule has 106 valence electrons. The van der Waals surface area contributed by atoms with Gasteiger partial charge in [0.2, 0.25) is 0 Å². The lowest BCUT2D eigenvalue weighted by atomic mass is 9.83. The van der Waals surface area contributed by atoms with Crippen LogP contribution in [0.15, 0.2) is 0 Å². The molecule has 1 atom stereocenters. The van der Waals surface area contributed by atoms with Crippen LogP contribution in [-0.2, 0) is 9.53 Å². The van der Waals surface area contributed by atoms with Gasteiger partial charge in [0.15, 0.2) is 0 Å². The number of carbonyl (C=O) groups is 1. The van der Waals surface area contributed by atoms with Gasteiger partial charge < -0.3 is 10.1 Å². The predicted octanol–water partition coefficient (Wildman–Crippen LogP) is 3.13. The average molecular weight is 255 g/mol. The highest BCUT2D eigenvalue weighted by Gasteiger charge is 2.21. The summed E-state index contributed by atoms with van der Waals surface area (Å²) in [7, 11) is 0. The summed E-state index contributed by atoms with van der Waals surface area (Å²) >= 11 is 0. The maximum atomic E-state index is 11.5. The first-order chi connectivity index (χ1) is 8.67. The van der Waals surface area contributed by atoms with Gasteiger partial charge >= 0.3 is 5.97 Å². The van der Waals surface area contributed by atoms with Crippen LogP contribution >= 0.6 is 0 Å². The van der Waals surface area contributed by atoms with Gasteiger partial charge in [-0.15, -0.1) is 0 Å². The van der Waals surface area contributed by atoms with Crippen molar-refractivity contribution in [3.8, 4) is 0 Å². The molecule has 0 aromatic carbocycles. The van der Waals surface area contributed by atoms with E-state index in [9.17, 15) is 4.79 Å². The Balaban J connectivity index is 2.15. The number of hydrogen-bond acceptors (Lipinski definition) is 3. The van der Waals surface area contributed by atoms with Crippen LogP contribution in [0.2, 0.25) is 0 Å². The summed E-state index contributed by atoms with van der Waals surface area (Å²) in [6.45, 7) is 7.29.